The predicted octanol–water partition coefficient (Wildman–Crippen LogP) is 4.85. The molecule has 0 saturated carbocycles. The zero-order chi connectivity index (χ0) is 14.8. The van der Waals surface area contributed by atoms with Crippen LogP contribution in [0.3, 0.4) is 0 Å². The van der Waals surface area contributed by atoms with Crippen molar-refractivity contribution in [3.8, 4) is 0 Å². The van der Waals surface area contributed by atoms with E-state index in [0.717, 1.165) is 18.5 Å². The molecule has 1 aliphatic rings. The van der Waals surface area contributed by atoms with Gasteiger partial charge in [-0.05, 0) is 48.4 Å². The Morgan fingerprint density at radius 1 is 1.33 bits per heavy atom. The van der Waals surface area contributed by atoms with E-state index in [-0.39, 0.29) is 11.9 Å². The summed E-state index contributed by atoms with van der Waals surface area (Å²) in [5.41, 5.74) is 2.21. The Labute approximate surface area is 133 Å². The molecule has 2 aromatic carbocycles. The van der Waals surface area contributed by atoms with E-state index in [1.807, 2.05) is 11.8 Å². The normalized spacial score (nSPS) is 18.5. The fraction of sp³-hybridized carbons (Fsp3) is 0.294. The van der Waals surface area contributed by atoms with Crippen LogP contribution in [-0.2, 0) is 6.42 Å². The van der Waals surface area contributed by atoms with Crippen molar-refractivity contribution in [2.75, 3.05) is 6.54 Å². The van der Waals surface area contributed by atoms with Crippen LogP contribution in [0.1, 0.15) is 24.1 Å². The van der Waals surface area contributed by atoms with E-state index in [9.17, 15) is 4.39 Å². The largest absolute Gasteiger partial charge is 0.309 e. The van der Waals surface area contributed by atoms with Crippen LogP contribution >= 0.6 is 23.4 Å². The van der Waals surface area contributed by atoms with E-state index in [4.69, 9.17) is 11.6 Å². The van der Waals surface area contributed by atoms with Crippen molar-refractivity contribution in [1.82, 2.24) is 5.32 Å². The molecule has 1 nitrogen and oxygen atoms in total. The number of hydrogen-bond donors (Lipinski definition) is 1. The van der Waals surface area contributed by atoms with Gasteiger partial charge in [0.05, 0.1) is 0 Å². The summed E-state index contributed by atoms with van der Waals surface area (Å²) in [6.45, 7) is 2.89. The third-order valence-electron chi connectivity index (χ3n) is 3.76. The van der Waals surface area contributed by atoms with E-state index in [1.165, 1.54) is 16.5 Å². The Kier molecular flexibility index (Phi) is 4.53. The monoisotopic (exact) mass is 321 g/mol. The highest BCUT2D eigenvalue weighted by atomic mass is 35.5. The highest BCUT2D eigenvalue weighted by Gasteiger charge is 2.31. The molecule has 0 fully saturated rings. The first-order chi connectivity index (χ1) is 10.2. The van der Waals surface area contributed by atoms with Gasteiger partial charge < -0.3 is 5.32 Å². The van der Waals surface area contributed by atoms with Gasteiger partial charge in [0.15, 0.2) is 0 Å². The maximum Gasteiger partial charge on any atom is 0.123 e. The maximum atomic E-state index is 13.6. The highest BCUT2D eigenvalue weighted by Crippen LogP contribution is 2.43. The van der Waals surface area contributed by atoms with Gasteiger partial charge >= 0.3 is 0 Å². The molecule has 0 bridgehead atoms. The lowest BCUT2D eigenvalue weighted by atomic mass is 9.98. The zero-order valence-corrected chi connectivity index (χ0v) is 13.3. The number of halogens is 2. The molecule has 2 atom stereocenters. The molecule has 0 aromatic heterocycles. The van der Waals surface area contributed by atoms with Gasteiger partial charge in [-0.2, -0.15) is 0 Å². The van der Waals surface area contributed by atoms with Crippen molar-refractivity contribution in [2.24, 2.45) is 0 Å². The maximum absolute atomic E-state index is 13.6. The third kappa shape index (κ3) is 3.10. The molecule has 1 N–H and O–H groups in total. The van der Waals surface area contributed by atoms with Gasteiger partial charge in [-0.15, -0.1) is 11.8 Å². The molecule has 0 aliphatic carbocycles. The van der Waals surface area contributed by atoms with Gasteiger partial charge in [-0.1, -0.05) is 36.7 Å². The quantitative estimate of drug-likeness (QED) is 0.864. The number of nitrogens with one attached hydrogen (secondary N) is 1. The number of fused-ring (bicyclic) bond motifs is 1. The third-order valence-corrected chi connectivity index (χ3v) is 5.50. The first-order valence-electron chi connectivity index (χ1n) is 7.12. The van der Waals surface area contributed by atoms with Crippen LogP contribution in [0.2, 0.25) is 5.02 Å². The Morgan fingerprint density at radius 2 is 2.14 bits per heavy atom. The molecule has 0 radical (unpaired) electrons. The van der Waals surface area contributed by atoms with Gasteiger partial charge in [0.1, 0.15) is 5.82 Å². The summed E-state index contributed by atoms with van der Waals surface area (Å²) in [7, 11) is 0. The van der Waals surface area contributed by atoms with E-state index in [0.29, 0.717) is 10.3 Å². The minimum absolute atomic E-state index is 0.0515. The lowest BCUT2D eigenvalue weighted by molar-refractivity contribution is 0.526. The van der Waals surface area contributed by atoms with Crippen LogP contribution in [0.15, 0.2) is 47.4 Å². The summed E-state index contributed by atoms with van der Waals surface area (Å²) in [5.74, 6) is -0.238. The summed E-state index contributed by atoms with van der Waals surface area (Å²) in [4.78, 5) is 1.32. The van der Waals surface area contributed by atoms with Crippen LogP contribution in [0.25, 0.3) is 0 Å². The molecular weight excluding hydrogens is 305 g/mol. The van der Waals surface area contributed by atoms with Crippen LogP contribution < -0.4 is 5.32 Å². The molecule has 3 rings (SSSR count). The second kappa shape index (κ2) is 6.39. The molecular formula is C17H17ClFNS. The smallest absolute Gasteiger partial charge is 0.123 e. The molecule has 110 valence electrons. The molecule has 1 aliphatic heterocycles. The minimum atomic E-state index is -0.238. The summed E-state index contributed by atoms with van der Waals surface area (Å²) in [6, 6.07) is 13.1. The molecule has 2 unspecified atom stereocenters. The Bertz CT molecular complexity index is 621. The molecule has 0 amide bonds. The van der Waals surface area contributed by atoms with Crippen LogP contribution in [0.4, 0.5) is 4.39 Å². The molecule has 0 saturated heterocycles. The first-order valence-corrected chi connectivity index (χ1v) is 8.37. The minimum Gasteiger partial charge on any atom is -0.309 e. The fourth-order valence-corrected chi connectivity index (χ4v) is 4.47. The number of hydrogen-bond acceptors (Lipinski definition) is 2. The van der Waals surface area contributed by atoms with Crippen molar-refractivity contribution in [2.45, 2.75) is 29.5 Å². The van der Waals surface area contributed by atoms with Crippen LogP contribution in [0, 0.1) is 5.82 Å². The Morgan fingerprint density at radius 3 is 2.90 bits per heavy atom. The van der Waals surface area contributed by atoms with Crippen molar-refractivity contribution >= 4 is 23.4 Å². The Balaban J connectivity index is 1.91. The lowest BCUT2D eigenvalue weighted by Gasteiger charge is -2.25. The average Bonchev–Trinajstić information content (AvgIpc) is 2.91. The number of rotatable bonds is 4. The van der Waals surface area contributed by atoms with Crippen LogP contribution in [0.5, 0.6) is 0 Å². The van der Waals surface area contributed by atoms with Gasteiger partial charge in [-0.3, -0.25) is 0 Å². The van der Waals surface area contributed by atoms with Crippen molar-refractivity contribution in [3.63, 3.8) is 0 Å². The molecule has 0 spiro atoms. The second-order valence-electron chi connectivity index (χ2n) is 5.17. The summed E-state index contributed by atoms with van der Waals surface area (Å²) >= 11 is 8.15. The van der Waals surface area contributed by atoms with Crippen molar-refractivity contribution < 1.29 is 4.39 Å². The molecule has 2 aromatic rings. The summed E-state index contributed by atoms with van der Waals surface area (Å²) in [5, 5.41) is 4.43. The summed E-state index contributed by atoms with van der Waals surface area (Å²) in [6.07, 6.45) is 0.978. The van der Waals surface area contributed by atoms with E-state index in [2.05, 4.69) is 36.5 Å². The topological polar surface area (TPSA) is 12.0 Å². The van der Waals surface area contributed by atoms with Gasteiger partial charge in [0.2, 0.25) is 0 Å². The fourth-order valence-electron chi connectivity index (χ4n) is 2.81. The highest BCUT2D eigenvalue weighted by molar-refractivity contribution is 8.00. The van der Waals surface area contributed by atoms with Gasteiger partial charge in [0.25, 0.3) is 0 Å². The molecule has 1 heterocycles. The van der Waals surface area contributed by atoms with Gasteiger partial charge in [0, 0.05) is 21.2 Å². The second-order valence-corrected chi connectivity index (χ2v) is 6.86. The Hall–Kier alpha value is -1.03. The van der Waals surface area contributed by atoms with Crippen molar-refractivity contribution in [3.05, 3.63) is 64.4 Å². The van der Waals surface area contributed by atoms with Crippen molar-refractivity contribution in [1.29, 1.82) is 0 Å². The average molecular weight is 322 g/mol. The van der Waals surface area contributed by atoms with E-state index < -0.39 is 0 Å². The molecule has 21 heavy (non-hydrogen) atoms. The van der Waals surface area contributed by atoms with E-state index >= 15 is 0 Å². The summed E-state index contributed by atoms with van der Waals surface area (Å²) < 4.78 is 13.6. The lowest BCUT2D eigenvalue weighted by Crippen LogP contribution is -2.30. The SMILES string of the molecule is CCNC(c1cc(F)ccc1Cl)C1Cc2ccccc2S1. The number of thioether (sulfide) groups is 1. The standard InChI is InChI=1S/C17H17ClFNS/c1-2-20-17(13-10-12(19)7-8-14(13)18)16-9-11-5-3-4-6-15(11)21-16/h3-8,10,16-17,20H,2,9H2,1H3. The predicted molar refractivity (Wildman–Crippen MR) is 87.6 cm³/mol. The van der Waals surface area contributed by atoms with E-state index in [1.54, 1.807) is 12.1 Å². The molecule has 4 heteroatoms. The van der Waals surface area contributed by atoms with Crippen LogP contribution in [-0.4, -0.2) is 11.8 Å². The first kappa shape index (κ1) is 14.9. The number of benzene rings is 2. The zero-order valence-electron chi connectivity index (χ0n) is 11.8. The van der Waals surface area contributed by atoms with Gasteiger partial charge in [-0.25, -0.2) is 4.39 Å².